The lowest BCUT2D eigenvalue weighted by molar-refractivity contribution is 0.104. The number of nitrogens with one attached hydrogen (secondary N) is 2. The zero-order valence-electron chi connectivity index (χ0n) is 15.7. The van der Waals surface area contributed by atoms with Crippen LogP contribution in [0, 0.1) is 12.7 Å². The maximum atomic E-state index is 13.2. The predicted molar refractivity (Wildman–Crippen MR) is 111 cm³/mol. The van der Waals surface area contributed by atoms with Gasteiger partial charge in [0.1, 0.15) is 5.82 Å². The van der Waals surface area contributed by atoms with Crippen molar-refractivity contribution in [3.8, 4) is 0 Å². The number of carbonyl (C=O) groups is 1. The molecule has 0 aliphatic carbocycles. The number of hydrogen-bond donors (Lipinski definition) is 2. The molecule has 3 aromatic rings. The molecule has 0 atom stereocenters. The molecule has 1 heterocycles. The van der Waals surface area contributed by atoms with E-state index in [1.807, 2.05) is 25.1 Å². The fourth-order valence-electron chi connectivity index (χ4n) is 2.63. The molecular formula is C20H20FN3O3S2. The summed E-state index contributed by atoms with van der Waals surface area (Å²) in [6.07, 6.45) is 2.03. The number of halogens is 1. The number of nitrogens with zero attached hydrogens (tertiary/aromatic N) is 1. The largest absolute Gasteiger partial charge is 0.361 e. The van der Waals surface area contributed by atoms with Gasteiger partial charge < -0.3 is 5.32 Å². The van der Waals surface area contributed by atoms with E-state index in [1.165, 1.54) is 35.7 Å². The molecule has 3 rings (SSSR count). The van der Waals surface area contributed by atoms with Crippen LogP contribution in [0.15, 0.2) is 59.6 Å². The molecule has 152 valence electrons. The number of ketones is 1. The highest BCUT2D eigenvalue weighted by Crippen LogP contribution is 2.22. The van der Waals surface area contributed by atoms with Crippen molar-refractivity contribution in [3.05, 3.63) is 76.5 Å². The first kappa shape index (κ1) is 21.1. The average Bonchev–Trinajstić information content (AvgIpc) is 3.16. The molecule has 0 spiro atoms. The second-order valence-corrected chi connectivity index (χ2v) is 9.11. The minimum absolute atomic E-state index is 0.0727. The molecule has 29 heavy (non-hydrogen) atoms. The quantitative estimate of drug-likeness (QED) is 0.398. The smallest absolute Gasteiger partial charge is 0.240 e. The van der Waals surface area contributed by atoms with Crippen LogP contribution in [-0.4, -0.2) is 32.3 Å². The lowest BCUT2D eigenvalue weighted by Crippen LogP contribution is -2.26. The minimum atomic E-state index is -3.75. The zero-order chi connectivity index (χ0) is 20.9. The molecule has 0 radical (unpaired) electrons. The SMILES string of the molecule is Cc1ccccc1C(=O)c1cnc(NCCCNS(=O)(=O)c2cccc(F)c2)s1. The van der Waals surface area contributed by atoms with Crippen LogP contribution in [0.2, 0.25) is 0 Å². The van der Waals surface area contributed by atoms with Crippen molar-refractivity contribution in [3.63, 3.8) is 0 Å². The maximum absolute atomic E-state index is 13.2. The average molecular weight is 434 g/mol. The van der Waals surface area contributed by atoms with Crippen LogP contribution >= 0.6 is 11.3 Å². The molecule has 0 amide bonds. The van der Waals surface area contributed by atoms with Gasteiger partial charge >= 0.3 is 0 Å². The Balaban J connectivity index is 1.48. The van der Waals surface area contributed by atoms with Crippen molar-refractivity contribution >= 4 is 32.3 Å². The summed E-state index contributed by atoms with van der Waals surface area (Å²) in [4.78, 5) is 17.2. The van der Waals surface area contributed by atoms with Crippen LogP contribution < -0.4 is 10.0 Å². The summed E-state index contributed by atoms with van der Waals surface area (Å²) in [6.45, 7) is 2.54. The number of aromatic nitrogens is 1. The van der Waals surface area contributed by atoms with E-state index in [-0.39, 0.29) is 17.2 Å². The highest BCUT2D eigenvalue weighted by molar-refractivity contribution is 7.89. The van der Waals surface area contributed by atoms with Gasteiger partial charge in [0, 0.05) is 18.7 Å². The first-order chi connectivity index (χ1) is 13.9. The summed E-state index contributed by atoms with van der Waals surface area (Å²) in [5.74, 6) is -0.675. The van der Waals surface area contributed by atoms with E-state index >= 15 is 0 Å². The van der Waals surface area contributed by atoms with Gasteiger partial charge in [-0.3, -0.25) is 4.79 Å². The number of anilines is 1. The van der Waals surface area contributed by atoms with E-state index in [4.69, 9.17) is 0 Å². The van der Waals surface area contributed by atoms with Gasteiger partial charge in [-0.1, -0.05) is 41.7 Å². The Bertz CT molecular complexity index is 1110. The summed E-state index contributed by atoms with van der Waals surface area (Å²) in [7, 11) is -3.75. The van der Waals surface area contributed by atoms with Crippen LogP contribution in [-0.2, 0) is 10.0 Å². The molecule has 2 aromatic carbocycles. The van der Waals surface area contributed by atoms with E-state index in [2.05, 4.69) is 15.0 Å². The summed E-state index contributed by atoms with van der Waals surface area (Å²) in [5, 5.41) is 3.67. The van der Waals surface area contributed by atoms with Gasteiger partial charge in [-0.2, -0.15) is 0 Å². The Labute approximate surface area is 172 Å². The number of thiazole rings is 1. The Morgan fingerprint density at radius 2 is 1.93 bits per heavy atom. The van der Waals surface area contributed by atoms with Crippen LogP contribution in [0.1, 0.15) is 27.2 Å². The lowest BCUT2D eigenvalue weighted by Gasteiger charge is -2.07. The second kappa shape index (κ2) is 9.25. The topological polar surface area (TPSA) is 88.2 Å². The van der Waals surface area contributed by atoms with Crippen LogP contribution in [0.5, 0.6) is 0 Å². The van der Waals surface area contributed by atoms with Crippen LogP contribution in [0.3, 0.4) is 0 Å². The van der Waals surface area contributed by atoms with Gasteiger partial charge in [-0.05, 0) is 37.1 Å². The van der Waals surface area contributed by atoms with Crippen molar-refractivity contribution in [1.29, 1.82) is 0 Å². The molecule has 0 bridgehead atoms. The van der Waals surface area contributed by atoms with E-state index in [0.717, 1.165) is 11.6 Å². The van der Waals surface area contributed by atoms with Gasteiger partial charge in [0.2, 0.25) is 15.8 Å². The summed E-state index contributed by atoms with van der Waals surface area (Å²) in [6, 6.07) is 12.2. The molecular weight excluding hydrogens is 413 g/mol. The number of aryl methyl sites for hydroxylation is 1. The molecule has 0 fully saturated rings. The number of rotatable bonds is 9. The molecule has 0 saturated carbocycles. The number of carbonyl (C=O) groups excluding carboxylic acids is 1. The summed E-state index contributed by atoms with van der Waals surface area (Å²) < 4.78 is 39.8. The van der Waals surface area contributed by atoms with Crippen molar-refractivity contribution in [1.82, 2.24) is 9.71 Å². The Hall–Kier alpha value is -2.62. The van der Waals surface area contributed by atoms with E-state index in [1.54, 1.807) is 6.07 Å². The van der Waals surface area contributed by atoms with E-state index in [0.29, 0.717) is 28.5 Å². The zero-order valence-corrected chi connectivity index (χ0v) is 17.3. The minimum Gasteiger partial charge on any atom is -0.361 e. The number of benzene rings is 2. The Kier molecular flexibility index (Phi) is 6.73. The predicted octanol–water partition coefficient (Wildman–Crippen LogP) is 3.60. The van der Waals surface area contributed by atoms with E-state index in [9.17, 15) is 17.6 Å². The first-order valence-corrected chi connectivity index (χ1v) is 11.2. The van der Waals surface area contributed by atoms with Crippen LogP contribution in [0.25, 0.3) is 0 Å². The summed E-state index contributed by atoms with van der Waals surface area (Å²) >= 11 is 1.25. The van der Waals surface area contributed by atoms with Crippen molar-refractivity contribution in [2.24, 2.45) is 0 Å². The molecule has 0 aliphatic heterocycles. The molecule has 0 aliphatic rings. The fraction of sp³-hybridized carbons (Fsp3) is 0.200. The normalized spacial score (nSPS) is 11.4. The van der Waals surface area contributed by atoms with E-state index < -0.39 is 15.8 Å². The third-order valence-corrected chi connectivity index (χ3v) is 6.56. The lowest BCUT2D eigenvalue weighted by atomic mass is 10.0. The van der Waals surface area contributed by atoms with Crippen molar-refractivity contribution in [2.75, 3.05) is 18.4 Å². The molecule has 0 saturated heterocycles. The number of sulfonamides is 1. The molecule has 6 nitrogen and oxygen atoms in total. The molecule has 9 heteroatoms. The van der Waals surface area contributed by atoms with Gasteiger partial charge in [-0.25, -0.2) is 22.5 Å². The first-order valence-electron chi connectivity index (χ1n) is 8.92. The Morgan fingerprint density at radius 3 is 2.69 bits per heavy atom. The highest BCUT2D eigenvalue weighted by Gasteiger charge is 2.15. The summed E-state index contributed by atoms with van der Waals surface area (Å²) in [5.41, 5.74) is 1.56. The van der Waals surface area contributed by atoms with Crippen molar-refractivity contribution < 1.29 is 17.6 Å². The maximum Gasteiger partial charge on any atom is 0.240 e. The Morgan fingerprint density at radius 1 is 1.14 bits per heavy atom. The van der Waals surface area contributed by atoms with Crippen LogP contribution in [0.4, 0.5) is 9.52 Å². The fourth-order valence-corrected chi connectivity index (χ4v) is 4.53. The third-order valence-electron chi connectivity index (χ3n) is 4.15. The molecule has 2 N–H and O–H groups in total. The highest BCUT2D eigenvalue weighted by atomic mass is 32.2. The van der Waals surface area contributed by atoms with Gasteiger partial charge in [-0.15, -0.1) is 0 Å². The molecule has 1 aromatic heterocycles. The molecule has 0 unspecified atom stereocenters. The van der Waals surface area contributed by atoms with Gasteiger partial charge in [0.05, 0.1) is 16.0 Å². The standard InChI is InChI=1S/C20H20FN3O3S2/c1-14-6-2-3-9-17(14)19(25)18-13-23-20(28-18)22-10-5-11-24-29(26,27)16-8-4-7-15(21)12-16/h2-4,6-9,12-13,24H,5,10-11H2,1H3,(H,22,23). The second-order valence-electron chi connectivity index (χ2n) is 6.31. The van der Waals surface area contributed by atoms with Gasteiger partial charge in [0.15, 0.2) is 5.13 Å². The third kappa shape index (κ3) is 5.47. The van der Waals surface area contributed by atoms with Crippen molar-refractivity contribution in [2.45, 2.75) is 18.2 Å². The van der Waals surface area contributed by atoms with Gasteiger partial charge in [0.25, 0.3) is 0 Å². The number of hydrogen-bond acceptors (Lipinski definition) is 6. The monoisotopic (exact) mass is 433 g/mol.